The van der Waals surface area contributed by atoms with Crippen LogP contribution in [0, 0.1) is 23.7 Å². The lowest BCUT2D eigenvalue weighted by Gasteiger charge is -2.34. The maximum atomic E-state index is 14.0. The van der Waals surface area contributed by atoms with Gasteiger partial charge in [-0.1, -0.05) is 19.1 Å². The molecule has 0 aromatic carbocycles. The number of rotatable bonds is 11. The summed E-state index contributed by atoms with van der Waals surface area (Å²) < 4.78 is 8.73. The van der Waals surface area contributed by atoms with Gasteiger partial charge in [0.15, 0.2) is 22.9 Å². The number of aromatic nitrogens is 10. The summed E-state index contributed by atoms with van der Waals surface area (Å²) in [4.78, 5) is 61.4. The third-order valence-electron chi connectivity index (χ3n) is 16.4. The first-order chi connectivity index (χ1) is 33.6. The lowest BCUT2D eigenvalue weighted by atomic mass is 9.81. The standard InChI is InChI=1S/C54H59N13O2/c1-31(35-12-17-64(18-13-35)53(68)40-21-42-49(58-26-40)62(3)51(60-42)45-23-37-6-5-15-56-47(37)66(45)28-33-7-8-33)32(2)39-20-38-24-46(67(29-34-9-10-34)48(38)57-25-39)52-61-43-22-41(27-59-50(43)63(52)4)54(69)65-19-14-36-11-16-55-44(36)30-65/h5-6,15,20-27,32-36,44,55H,1,7-14,16-19,28-30H2,2-4H3/t32?,36-,44+/m1/s1. The summed E-state index contributed by atoms with van der Waals surface area (Å²) in [6.07, 6.45) is 16.2. The molecule has 13 rings (SSSR count). The summed E-state index contributed by atoms with van der Waals surface area (Å²) >= 11 is 0. The van der Waals surface area contributed by atoms with E-state index in [9.17, 15) is 9.59 Å². The Morgan fingerprint density at radius 3 is 1.90 bits per heavy atom. The minimum atomic E-state index is -0.00991. The van der Waals surface area contributed by atoms with Crippen molar-refractivity contribution >= 4 is 56.2 Å². The summed E-state index contributed by atoms with van der Waals surface area (Å²) in [6.45, 7) is 12.6. The number of pyridine rings is 4. The van der Waals surface area contributed by atoms with Crippen molar-refractivity contribution in [2.45, 2.75) is 83.3 Å². The van der Waals surface area contributed by atoms with Gasteiger partial charge in [0.2, 0.25) is 0 Å². The van der Waals surface area contributed by atoms with Crippen LogP contribution >= 0.6 is 0 Å². The molecular formula is C54H59N13O2. The molecule has 8 aromatic heterocycles. The second-order valence-electron chi connectivity index (χ2n) is 20.9. The molecule has 1 unspecified atom stereocenters. The van der Waals surface area contributed by atoms with Crippen LogP contribution in [0.3, 0.4) is 0 Å². The Morgan fingerprint density at radius 1 is 0.681 bits per heavy atom. The van der Waals surface area contributed by atoms with Crippen LogP contribution in [0.2, 0.25) is 0 Å². The van der Waals surface area contributed by atoms with Crippen LogP contribution in [0.25, 0.3) is 67.4 Å². The minimum Gasteiger partial charge on any atom is -0.339 e. The zero-order valence-electron chi connectivity index (χ0n) is 39.8. The van der Waals surface area contributed by atoms with Gasteiger partial charge in [-0.05, 0) is 130 Å². The summed E-state index contributed by atoms with van der Waals surface area (Å²) in [7, 11) is 4.01. The molecule has 2 saturated carbocycles. The smallest absolute Gasteiger partial charge is 0.255 e. The maximum Gasteiger partial charge on any atom is 0.255 e. The molecule has 69 heavy (non-hydrogen) atoms. The van der Waals surface area contributed by atoms with Crippen molar-refractivity contribution in [3.05, 3.63) is 96.1 Å². The molecule has 1 N–H and O–H groups in total. The quantitative estimate of drug-likeness (QED) is 0.127. The van der Waals surface area contributed by atoms with E-state index in [1.54, 1.807) is 12.4 Å². The van der Waals surface area contributed by atoms with Gasteiger partial charge in [-0.15, -0.1) is 0 Å². The van der Waals surface area contributed by atoms with Gasteiger partial charge in [0, 0.05) is 101 Å². The highest BCUT2D eigenvalue weighted by Crippen LogP contribution is 2.40. The number of hydrogen-bond acceptors (Lipinski definition) is 9. The Kier molecular flexibility index (Phi) is 10.1. The number of likely N-dealkylation sites (tertiary alicyclic amines) is 2. The second-order valence-corrected chi connectivity index (χ2v) is 20.9. The maximum absolute atomic E-state index is 14.0. The minimum absolute atomic E-state index is 0.00991. The molecule has 8 aromatic rings. The number of nitrogens with one attached hydrogen (secondary N) is 1. The second kappa shape index (κ2) is 16.5. The van der Waals surface area contributed by atoms with Crippen LogP contribution in [0.4, 0.5) is 0 Å². The van der Waals surface area contributed by atoms with Crippen molar-refractivity contribution in [2.75, 3.05) is 32.7 Å². The molecule has 15 nitrogen and oxygen atoms in total. The molecule has 2 amide bonds. The van der Waals surface area contributed by atoms with E-state index < -0.39 is 0 Å². The SMILES string of the molecule is C=C(C1CCN(C(=O)c2cnc3c(c2)nc(-c2cc4cccnc4n2CC2CC2)n3C)CC1)C(C)c1cnc2c(c1)cc(-c1nc3cc(C(=O)N4CC[C@H]5CCN[C@H]5C4)cnc3n1C)n2CC1CC1. The lowest BCUT2D eigenvalue weighted by molar-refractivity contribution is 0.0667. The van der Waals surface area contributed by atoms with Crippen molar-refractivity contribution < 1.29 is 9.59 Å². The number of aryl methyl sites for hydroxylation is 2. The van der Waals surface area contributed by atoms with Crippen LogP contribution in [-0.4, -0.2) is 109 Å². The molecule has 3 saturated heterocycles. The van der Waals surface area contributed by atoms with Gasteiger partial charge in [-0.25, -0.2) is 29.9 Å². The molecule has 3 aliphatic heterocycles. The van der Waals surface area contributed by atoms with E-state index in [2.05, 4.69) is 56.8 Å². The van der Waals surface area contributed by atoms with Crippen molar-refractivity contribution in [3.63, 3.8) is 0 Å². The lowest BCUT2D eigenvalue weighted by Crippen LogP contribution is -2.48. The van der Waals surface area contributed by atoms with Crippen LogP contribution < -0.4 is 5.32 Å². The average Bonchev–Trinajstić information content (AvgIpc) is 4.17. The number of allylic oxidation sites excluding steroid dienone is 1. The number of carbonyl (C=O) groups excluding carboxylic acids is 2. The molecule has 11 heterocycles. The molecule has 2 aliphatic carbocycles. The van der Waals surface area contributed by atoms with Gasteiger partial charge >= 0.3 is 0 Å². The van der Waals surface area contributed by atoms with Crippen LogP contribution in [-0.2, 0) is 27.2 Å². The van der Waals surface area contributed by atoms with E-state index in [1.165, 1.54) is 37.7 Å². The summed E-state index contributed by atoms with van der Waals surface area (Å²) in [6, 6.07) is 15.0. The Hall–Kier alpha value is -6.74. The van der Waals surface area contributed by atoms with Crippen molar-refractivity contribution in [1.82, 2.24) is 63.3 Å². The zero-order valence-corrected chi connectivity index (χ0v) is 39.8. The highest BCUT2D eigenvalue weighted by molar-refractivity contribution is 5.98. The summed E-state index contributed by atoms with van der Waals surface area (Å²) in [5.41, 5.74) is 10.4. The van der Waals surface area contributed by atoms with E-state index in [-0.39, 0.29) is 23.7 Å². The number of nitrogens with zero attached hydrogens (tertiary/aromatic N) is 12. The van der Waals surface area contributed by atoms with Gasteiger partial charge in [-0.3, -0.25) is 9.59 Å². The molecule has 3 atom stereocenters. The van der Waals surface area contributed by atoms with E-state index >= 15 is 0 Å². The molecule has 5 fully saturated rings. The number of amides is 2. The van der Waals surface area contributed by atoms with Gasteiger partial charge in [0.05, 0.1) is 22.5 Å². The third-order valence-corrected chi connectivity index (χ3v) is 16.4. The Balaban J connectivity index is 0.705. The topological polar surface area (TPSA) is 150 Å². The van der Waals surface area contributed by atoms with E-state index in [0.29, 0.717) is 53.5 Å². The highest BCUT2D eigenvalue weighted by Gasteiger charge is 2.36. The largest absolute Gasteiger partial charge is 0.339 e. The monoisotopic (exact) mass is 921 g/mol. The van der Waals surface area contributed by atoms with Gasteiger partial charge in [0.1, 0.15) is 22.3 Å². The first kappa shape index (κ1) is 42.4. The molecule has 5 aliphatic rings. The Bertz CT molecular complexity index is 3380. The fourth-order valence-electron chi connectivity index (χ4n) is 11.8. The van der Waals surface area contributed by atoms with Crippen molar-refractivity contribution in [1.29, 1.82) is 0 Å². The molecule has 0 radical (unpaired) electrons. The predicted octanol–water partition coefficient (Wildman–Crippen LogP) is 8.14. The number of carbonyl (C=O) groups is 2. The third kappa shape index (κ3) is 7.42. The first-order valence-electron chi connectivity index (χ1n) is 25.2. The Labute approximate surface area is 400 Å². The normalized spacial score (nSPS) is 20.4. The van der Waals surface area contributed by atoms with Gasteiger partial charge < -0.3 is 33.4 Å². The summed E-state index contributed by atoms with van der Waals surface area (Å²) in [5, 5.41) is 5.76. The zero-order chi connectivity index (χ0) is 46.7. The molecule has 15 heteroatoms. The summed E-state index contributed by atoms with van der Waals surface area (Å²) in [5.74, 6) is 3.99. The van der Waals surface area contributed by atoms with Crippen LogP contribution in [0.5, 0.6) is 0 Å². The van der Waals surface area contributed by atoms with Crippen LogP contribution in [0.1, 0.15) is 90.5 Å². The predicted molar refractivity (Wildman–Crippen MR) is 267 cm³/mol. The molecule has 0 spiro atoms. The first-order valence-corrected chi connectivity index (χ1v) is 25.2. The van der Waals surface area contributed by atoms with E-state index in [4.69, 9.17) is 29.9 Å². The fraction of sp³-hybridized carbons (Fsp3) is 0.444. The Morgan fingerprint density at radius 2 is 1.26 bits per heavy atom. The molecule has 352 valence electrons. The number of imidazole rings is 2. The molecule has 0 bridgehead atoms. The number of fused-ring (bicyclic) bond motifs is 5. The number of piperidine rings is 2. The fourth-order valence-corrected chi connectivity index (χ4v) is 11.8. The van der Waals surface area contributed by atoms with E-state index in [1.807, 2.05) is 59.1 Å². The van der Waals surface area contributed by atoms with E-state index in [0.717, 1.165) is 119 Å². The molecular weight excluding hydrogens is 863 g/mol. The van der Waals surface area contributed by atoms with Gasteiger partial charge in [-0.2, -0.15) is 0 Å². The van der Waals surface area contributed by atoms with Gasteiger partial charge in [0.25, 0.3) is 11.8 Å². The van der Waals surface area contributed by atoms with Crippen molar-refractivity contribution in [3.8, 4) is 23.0 Å². The highest BCUT2D eigenvalue weighted by atomic mass is 16.2. The van der Waals surface area contributed by atoms with Crippen LogP contribution in [0.15, 0.2) is 79.4 Å². The van der Waals surface area contributed by atoms with Crippen molar-refractivity contribution in [2.24, 2.45) is 37.8 Å². The number of hydrogen-bond donors (Lipinski definition) is 1. The average molecular weight is 922 g/mol.